The van der Waals surface area contributed by atoms with Crippen LogP contribution in [-0.4, -0.2) is 262 Å². The number of nitrogens with zero attached hydrogens (tertiary/aromatic N) is 17. The zero-order valence-electron chi connectivity index (χ0n) is 79.7. The highest BCUT2D eigenvalue weighted by Crippen LogP contribution is 2.43. The third-order valence-corrected chi connectivity index (χ3v) is 29.1. The molecule has 0 bridgehead atoms. The molecule has 0 radical (unpaired) electrons. The Morgan fingerprint density at radius 2 is 1.07 bits per heavy atom. The molecule has 5 amide bonds. The number of likely N-dealkylation sites (tertiary alicyclic amines) is 4. The average molecular weight is 1910 g/mol. The second kappa shape index (κ2) is 42.5. The summed E-state index contributed by atoms with van der Waals surface area (Å²) in [7, 11) is 7.36. The van der Waals surface area contributed by atoms with Crippen molar-refractivity contribution in [3.8, 4) is 21.8 Å². The second-order valence-corrected chi connectivity index (χ2v) is 38.3. The Balaban J connectivity index is 0.000000135. The Kier molecular flexibility index (Phi) is 30.2. The first kappa shape index (κ1) is 98.0. The first-order valence-corrected chi connectivity index (χ1v) is 48.0. The van der Waals surface area contributed by atoms with Crippen LogP contribution in [0.5, 0.6) is 0 Å². The van der Waals surface area contributed by atoms with Crippen LogP contribution in [0.2, 0.25) is 0 Å². The molecule has 2 aromatic carbocycles. The lowest BCUT2D eigenvalue weighted by Crippen LogP contribution is -2.59. The molecular formula is C101H123F5N24O7S. The summed E-state index contributed by atoms with van der Waals surface area (Å²) in [6.07, 6.45) is 18.8. The van der Waals surface area contributed by atoms with Gasteiger partial charge in [0.25, 0.3) is 23.6 Å². The van der Waals surface area contributed by atoms with Gasteiger partial charge in [-0.3, -0.25) is 38.5 Å². The molecule has 7 fully saturated rings. The lowest BCUT2D eigenvalue weighted by Gasteiger charge is -2.46. The molecule has 0 aliphatic carbocycles. The number of piperidine rings is 4. The minimum Gasteiger partial charge on any atom is -0.379 e. The maximum atomic E-state index is 15.9. The van der Waals surface area contributed by atoms with Crippen molar-refractivity contribution in [1.29, 1.82) is 0 Å². The van der Waals surface area contributed by atoms with Gasteiger partial charge in [0.1, 0.15) is 17.5 Å². The van der Waals surface area contributed by atoms with Gasteiger partial charge in [-0.25, -0.2) is 46.9 Å². The van der Waals surface area contributed by atoms with E-state index in [1.54, 1.807) is 65.6 Å². The van der Waals surface area contributed by atoms with E-state index in [4.69, 9.17) is 9.47 Å². The number of thiazole rings is 1. The summed E-state index contributed by atoms with van der Waals surface area (Å²) in [6, 6.07) is 14.1. The summed E-state index contributed by atoms with van der Waals surface area (Å²) in [5, 5.41) is 25.5. The standard InChI is InChI=1S/C32H41F2N7O2.C26H31FN6O3.C22H27FN6O.C21H24FN5OS/c1-6-19(2)41-16-23(9-7-20(41)3)38(5)31-29(34)25-14-35-32(42)28(25)30(37-31)36-22-8-10-27(26(33)13-22)40-12-11-39(15-21(40)4)24-17-43-18-24;1-2-21(34)33-9-3-4-19(16-33)30-25-23(27)20-14-28-26(35)22(20)24(31-25)29-18-7-5-17(6-8-18)15-32-10-12-36-13-11-32;1-6-13(2)29-12-16(8-7-14(29)3)28(5)21-19(23)17-10-24-22(30)18(17)20(26-21)15-9-25-27(4)11-15;1-5-12(2)27-8-6-7-14(11-27)26(4)20-18(22)15-9-24-21(28)17(15)19(25-20)16-10-23-13(3)29-16/h6,8,10,13,20-21,23-24H,1-2,7,9,11-12,14-18H2,3-5H3,(H,35,42)(H,36,37);2,5-8,19H,1,3-4,9-16H2,(H,28,35)(H2,29,30,31);6,9,11,14,16H,1-2,7-8,10,12H2,3-5H3,(H,24,30);5,10,14H,1-2,6-9,11H2,3-4H3,(H,24,28)/t20-,21-,23+;19-;14-,16-;14-/m0111/s1. The minimum absolute atomic E-state index is 0.0261. The normalized spacial score (nSPS) is 21.1. The number of benzene rings is 2. The van der Waals surface area contributed by atoms with Gasteiger partial charge in [-0.1, -0.05) is 58.2 Å². The van der Waals surface area contributed by atoms with E-state index < -0.39 is 29.2 Å². The monoisotopic (exact) mass is 1910 g/mol. The number of likely N-dealkylation sites (N-methyl/N-ethyl adjacent to an activating group) is 3. The van der Waals surface area contributed by atoms with Gasteiger partial charge in [-0.15, -0.1) is 11.3 Å². The molecule has 8 aromatic rings. The number of hydrogen-bond acceptors (Lipinski definition) is 26. The summed E-state index contributed by atoms with van der Waals surface area (Å²) < 4.78 is 90.1. The van der Waals surface area contributed by atoms with Crippen LogP contribution in [-0.2, 0) is 54.0 Å². The lowest BCUT2D eigenvalue weighted by molar-refractivity contribution is -0.127. The van der Waals surface area contributed by atoms with Gasteiger partial charge in [-0.05, 0) is 139 Å². The molecule has 138 heavy (non-hydrogen) atoms. The van der Waals surface area contributed by atoms with E-state index in [9.17, 15) is 24.0 Å². The highest BCUT2D eigenvalue weighted by molar-refractivity contribution is 7.15. The van der Waals surface area contributed by atoms with Crippen LogP contribution in [0.1, 0.15) is 146 Å². The molecule has 7 N–H and O–H groups in total. The van der Waals surface area contributed by atoms with Crippen LogP contribution in [0.3, 0.4) is 0 Å². The number of halogens is 5. The number of piperazine rings is 1. The van der Waals surface area contributed by atoms with Crippen molar-refractivity contribution in [3.05, 3.63) is 233 Å². The van der Waals surface area contributed by atoms with Crippen LogP contribution < -0.4 is 56.8 Å². The molecular weight excluding hydrogens is 1790 g/mol. The summed E-state index contributed by atoms with van der Waals surface area (Å²) in [4.78, 5) is 106. The molecule has 17 heterocycles. The molecule has 19 rings (SSSR count). The molecule has 0 saturated carbocycles. The van der Waals surface area contributed by atoms with E-state index in [0.717, 1.165) is 163 Å². The number of ether oxygens (including phenoxy) is 2. The largest absolute Gasteiger partial charge is 0.379 e. The molecule has 7 atom stereocenters. The van der Waals surface area contributed by atoms with Gasteiger partial charge in [0.05, 0.1) is 87.9 Å². The van der Waals surface area contributed by atoms with E-state index in [1.807, 2.05) is 67.0 Å². The van der Waals surface area contributed by atoms with Crippen LogP contribution in [0.15, 0.2) is 149 Å². The molecule has 11 aliphatic heterocycles. The highest BCUT2D eigenvalue weighted by Gasteiger charge is 2.42. The Labute approximate surface area is 806 Å². The second-order valence-electron chi connectivity index (χ2n) is 37.0. The van der Waals surface area contributed by atoms with E-state index >= 15 is 22.0 Å². The van der Waals surface area contributed by atoms with Gasteiger partial charge in [0.15, 0.2) is 46.5 Å². The molecule has 7 saturated heterocycles. The summed E-state index contributed by atoms with van der Waals surface area (Å²) >= 11 is 1.45. The number of morpholine rings is 1. The Morgan fingerprint density at radius 1 is 0.543 bits per heavy atom. The lowest BCUT2D eigenvalue weighted by atomic mass is 9.97. The molecule has 0 spiro atoms. The summed E-state index contributed by atoms with van der Waals surface area (Å²) in [6.45, 7) is 48.4. The van der Waals surface area contributed by atoms with E-state index in [0.29, 0.717) is 106 Å². The SMILES string of the molecule is C=CC(=C)N1CCC[C@@H](N(C)c2nc(-c3cnc(C)s3)c3c(c2F)CNC3=O)C1.C=CC(=C)N1C[C@H](N(C)c2nc(-c3cnn(C)c3)c3c(c2F)CNC3=O)CC[C@H]1C.C=CC(=C)N1C[C@H](N(C)c2nc(Nc3ccc(N4CCN(C5COC5)C[C@@H]4C)c(F)c3)c3c(c2F)CNC3=O)CC[C@@H]1C.C=CC(=O)N1CCC[C@@H](Nc2nc(Nc3ccc(CN4CCOCC4)cc3)c3c(c2F)CNC3=O)C1. The van der Waals surface area contributed by atoms with Crippen molar-refractivity contribution in [3.63, 3.8) is 0 Å². The van der Waals surface area contributed by atoms with Crippen LogP contribution in [0.25, 0.3) is 21.8 Å². The molecule has 37 heteroatoms. The zero-order valence-corrected chi connectivity index (χ0v) is 80.5. The zero-order chi connectivity index (χ0) is 97.8. The van der Waals surface area contributed by atoms with Crippen molar-refractivity contribution < 1.29 is 55.4 Å². The van der Waals surface area contributed by atoms with Crippen LogP contribution >= 0.6 is 11.3 Å². The molecule has 0 unspecified atom stereocenters. The fraction of sp³-hybridized carbons (Fsp3) is 0.436. The quantitative estimate of drug-likeness (QED) is 0.0159. The van der Waals surface area contributed by atoms with E-state index in [1.165, 1.54) is 29.0 Å². The van der Waals surface area contributed by atoms with Gasteiger partial charge in [0.2, 0.25) is 5.91 Å². The highest BCUT2D eigenvalue weighted by atomic mass is 32.1. The van der Waals surface area contributed by atoms with Crippen molar-refractivity contribution >= 4 is 92.8 Å². The van der Waals surface area contributed by atoms with Gasteiger partial charge in [0, 0.05) is 244 Å². The fourth-order valence-corrected chi connectivity index (χ4v) is 20.8. The maximum absolute atomic E-state index is 15.9. The Hall–Kier alpha value is -13.1. The average Bonchev–Trinajstić information content (AvgIpc) is 1.55. The molecule has 11 aliphatic rings. The number of aryl methyl sites for hydroxylation is 2. The predicted molar refractivity (Wildman–Crippen MR) is 528 cm³/mol. The summed E-state index contributed by atoms with van der Waals surface area (Å²) in [5.41, 5.74) is 9.47. The molecule has 730 valence electrons. The van der Waals surface area contributed by atoms with Crippen molar-refractivity contribution in [2.24, 2.45) is 7.05 Å². The van der Waals surface area contributed by atoms with E-state index in [2.05, 4.69) is 163 Å². The number of aromatic nitrogens is 7. The smallest absolute Gasteiger partial charge is 0.255 e. The van der Waals surface area contributed by atoms with Crippen molar-refractivity contribution in [2.45, 2.75) is 160 Å². The Morgan fingerprint density at radius 3 is 1.60 bits per heavy atom. The maximum Gasteiger partial charge on any atom is 0.255 e. The van der Waals surface area contributed by atoms with Crippen LogP contribution in [0.4, 0.5) is 73.9 Å². The molecule has 31 nitrogen and oxygen atoms in total. The van der Waals surface area contributed by atoms with Gasteiger partial charge in [-0.2, -0.15) is 5.10 Å². The molecule has 6 aromatic heterocycles. The van der Waals surface area contributed by atoms with E-state index in [-0.39, 0.29) is 132 Å². The number of anilines is 9. The predicted octanol–water partition coefficient (Wildman–Crippen LogP) is 13.2. The third kappa shape index (κ3) is 20.7. The third-order valence-electron chi connectivity index (χ3n) is 28.2. The minimum atomic E-state index is -0.540. The number of nitrogens with one attached hydrogen (secondary N) is 7. The number of hydrogen-bond donors (Lipinski definition) is 7. The number of carbonyl (C=O) groups excluding carboxylic acids is 5. The van der Waals surface area contributed by atoms with Crippen LogP contribution in [0, 0.1) is 36.0 Å². The van der Waals surface area contributed by atoms with Crippen molar-refractivity contribution in [2.75, 3.05) is 155 Å². The van der Waals surface area contributed by atoms with Crippen molar-refractivity contribution in [1.82, 2.24) is 85.4 Å². The summed E-state index contributed by atoms with van der Waals surface area (Å²) in [5.74, 6) is -2.49. The number of rotatable bonds is 25. The first-order chi connectivity index (χ1) is 66.4. The number of pyridine rings is 4. The first-order valence-electron chi connectivity index (χ1n) is 47.2. The fourth-order valence-electron chi connectivity index (χ4n) is 20.0. The topological polar surface area (TPSA) is 303 Å². The Bertz CT molecular complexity index is 6040. The number of allylic oxidation sites excluding steroid dienone is 3. The number of fused-ring (bicyclic) bond motifs is 4. The number of amides is 5. The number of carbonyl (C=O) groups is 5. The van der Waals surface area contributed by atoms with Gasteiger partial charge >= 0.3 is 0 Å². The van der Waals surface area contributed by atoms with Gasteiger partial charge < -0.3 is 85.9 Å².